The number of fused-ring (bicyclic) bond motifs is 1. The van der Waals surface area contributed by atoms with Gasteiger partial charge in [0.25, 0.3) is 5.91 Å². The number of ether oxygens (including phenoxy) is 1. The molecule has 0 unspecified atom stereocenters. The number of benzene rings is 2. The number of carbonyl (C=O) groups is 2. The van der Waals surface area contributed by atoms with Crippen LogP contribution in [0.4, 0.5) is 17.6 Å². The first-order valence-electron chi connectivity index (χ1n) is 14.8. The number of hydrogen-bond acceptors (Lipinski definition) is 4. The molecule has 2 aliphatic rings. The number of aromatic nitrogens is 2. The average molecular weight is 608 g/mol. The number of nitrogens with one attached hydrogen (secondary N) is 1. The Morgan fingerprint density at radius 3 is 2.41 bits per heavy atom. The number of aryl methyl sites for hydroxylation is 1. The van der Waals surface area contributed by atoms with E-state index in [1.807, 2.05) is 37.3 Å². The normalized spacial score (nSPS) is 21.8. The molecule has 2 aliphatic carbocycles. The van der Waals surface area contributed by atoms with Crippen molar-refractivity contribution in [1.29, 1.82) is 0 Å². The summed E-state index contributed by atoms with van der Waals surface area (Å²) in [7, 11) is 0. The van der Waals surface area contributed by atoms with E-state index >= 15 is 0 Å². The van der Waals surface area contributed by atoms with Gasteiger partial charge in [0.1, 0.15) is 18.4 Å². The fourth-order valence-corrected chi connectivity index (χ4v) is 6.79. The summed E-state index contributed by atoms with van der Waals surface area (Å²) in [5, 5.41) is 3.66. The molecule has 6 nitrogen and oxygen atoms in total. The summed E-state index contributed by atoms with van der Waals surface area (Å²) >= 11 is 0. The van der Waals surface area contributed by atoms with Crippen LogP contribution in [0, 0.1) is 11.3 Å². The maximum Gasteiger partial charge on any atom is 0.416 e. The monoisotopic (exact) mass is 607 g/mol. The molecule has 0 bridgehead atoms. The van der Waals surface area contributed by atoms with Crippen LogP contribution in [0.25, 0.3) is 11.0 Å². The molecule has 2 heterocycles. The topological polar surface area (TPSA) is 73.2 Å². The van der Waals surface area contributed by atoms with Crippen molar-refractivity contribution < 1.29 is 31.9 Å². The Kier molecular flexibility index (Phi) is 7.94. The number of pyridine rings is 1. The van der Waals surface area contributed by atoms with Crippen LogP contribution < -0.4 is 5.32 Å². The summed E-state index contributed by atoms with van der Waals surface area (Å²) < 4.78 is 59.8. The van der Waals surface area contributed by atoms with Crippen LogP contribution in [-0.4, -0.2) is 34.1 Å². The molecular formula is C34H33F4N3O3. The Morgan fingerprint density at radius 2 is 1.75 bits per heavy atom. The smallest absolute Gasteiger partial charge is 0.416 e. The van der Waals surface area contributed by atoms with Crippen LogP contribution in [0.5, 0.6) is 0 Å². The molecule has 2 saturated carbocycles. The predicted molar refractivity (Wildman–Crippen MR) is 157 cm³/mol. The SMILES string of the molecule is C[C@H](OC(=O)C1CC2(CC(NC(=O)c3cn(CCF)c4nccc(Cc5ccc(C(F)(F)F)cc5)c34)C2)C1)c1ccccc1. The van der Waals surface area contributed by atoms with Gasteiger partial charge in [0.2, 0.25) is 0 Å². The lowest BCUT2D eigenvalue weighted by Crippen LogP contribution is -2.57. The van der Waals surface area contributed by atoms with Gasteiger partial charge in [-0.05, 0) is 79.3 Å². The first kappa shape index (κ1) is 29.8. The van der Waals surface area contributed by atoms with E-state index in [0.717, 1.165) is 43.4 Å². The van der Waals surface area contributed by atoms with Crippen LogP contribution in [0.2, 0.25) is 0 Å². The van der Waals surface area contributed by atoms with Crippen LogP contribution >= 0.6 is 0 Å². The molecule has 2 aromatic carbocycles. The van der Waals surface area contributed by atoms with Gasteiger partial charge in [0.05, 0.1) is 23.6 Å². The highest BCUT2D eigenvalue weighted by molar-refractivity contribution is 6.07. The summed E-state index contributed by atoms with van der Waals surface area (Å²) in [4.78, 5) is 30.6. The van der Waals surface area contributed by atoms with Crippen LogP contribution in [-0.2, 0) is 28.7 Å². The number of carbonyl (C=O) groups excluding carboxylic acids is 2. The fourth-order valence-electron chi connectivity index (χ4n) is 6.79. The van der Waals surface area contributed by atoms with Gasteiger partial charge in [-0.25, -0.2) is 9.37 Å². The van der Waals surface area contributed by atoms with E-state index in [1.54, 1.807) is 23.0 Å². The second-order valence-electron chi connectivity index (χ2n) is 12.1. The second kappa shape index (κ2) is 11.7. The van der Waals surface area contributed by atoms with Gasteiger partial charge in [-0.2, -0.15) is 13.2 Å². The van der Waals surface area contributed by atoms with E-state index in [2.05, 4.69) is 10.3 Å². The summed E-state index contributed by atoms with van der Waals surface area (Å²) in [5.74, 6) is -0.635. The van der Waals surface area contributed by atoms with Crippen LogP contribution in [0.3, 0.4) is 0 Å². The second-order valence-corrected chi connectivity index (χ2v) is 12.1. The Morgan fingerprint density at radius 1 is 1.05 bits per heavy atom. The lowest BCUT2D eigenvalue weighted by Gasteiger charge is -2.57. The quantitative estimate of drug-likeness (QED) is 0.161. The maximum atomic E-state index is 13.5. The first-order chi connectivity index (χ1) is 21.0. The number of alkyl halides is 4. The minimum absolute atomic E-state index is 0.0213. The number of hydrogen-bond donors (Lipinski definition) is 1. The zero-order valence-electron chi connectivity index (χ0n) is 24.2. The van der Waals surface area contributed by atoms with E-state index in [9.17, 15) is 27.2 Å². The highest BCUT2D eigenvalue weighted by atomic mass is 19.4. The molecule has 10 heteroatoms. The number of halogens is 4. The highest BCUT2D eigenvalue weighted by Crippen LogP contribution is 2.59. The molecule has 1 atom stereocenters. The number of rotatable bonds is 9. The largest absolute Gasteiger partial charge is 0.458 e. The third-order valence-electron chi connectivity index (χ3n) is 9.04. The Bertz CT molecular complexity index is 1650. The molecule has 1 N–H and O–H groups in total. The summed E-state index contributed by atoms with van der Waals surface area (Å²) in [6, 6.07) is 16.2. The van der Waals surface area contributed by atoms with Crippen molar-refractivity contribution in [2.24, 2.45) is 11.3 Å². The number of amides is 1. The van der Waals surface area contributed by atoms with Crippen molar-refractivity contribution >= 4 is 22.9 Å². The molecule has 44 heavy (non-hydrogen) atoms. The average Bonchev–Trinajstić information content (AvgIpc) is 3.33. The molecule has 2 aromatic heterocycles. The zero-order valence-corrected chi connectivity index (χ0v) is 24.2. The van der Waals surface area contributed by atoms with E-state index in [1.165, 1.54) is 12.1 Å². The number of nitrogens with zero attached hydrogens (tertiary/aromatic N) is 2. The molecule has 0 radical (unpaired) electrons. The first-order valence-corrected chi connectivity index (χ1v) is 14.8. The molecule has 0 aliphatic heterocycles. The molecule has 0 saturated heterocycles. The number of esters is 1. The summed E-state index contributed by atoms with van der Waals surface area (Å²) in [5.41, 5.74) is 2.41. The van der Waals surface area contributed by atoms with Crippen LogP contribution in [0.15, 0.2) is 73.1 Å². The minimum atomic E-state index is -4.43. The third kappa shape index (κ3) is 5.94. The van der Waals surface area contributed by atoms with E-state index in [0.29, 0.717) is 27.7 Å². The highest BCUT2D eigenvalue weighted by Gasteiger charge is 2.55. The van der Waals surface area contributed by atoms with Gasteiger partial charge in [-0.15, -0.1) is 0 Å². The van der Waals surface area contributed by atoms with Gasteiger partial charge in [0.15, 0.2) is 0 Å². The van der Waals surface area contributed by atoms with Crippen LogP contribution in [0.1, 0.15) is 71.3 Å². The van der Waals surface area contributed by atoms with E-state index in [4.69, 9.17) is 4.74 Å². The molecule has 2 fully saturated rings. The Balaban J connectivity index is 1.11. The van der Waals surface area contributed by atoms with Crippen molar-refractivity contribution in [3.8, 4) is 0 Å². The van der Waals surface area contributed by atoms with E-state index in [-0.39, 0.29) is 48.3 Å². The summed E-state index contributed by atoms with van der Waals surface area (Å²) in [6.45, 7) is 1.24. The third-order valence-corrected chi connectivity index (χ3v) is 9.04. The standard InChI is InChI=1S/C34H33F4N3O3/c1-21(23-5-3-2-4-6-23)44-32(43)25-16-33(17-25)18-27(19-33)40-31(42)28-20-41(14-12-35)30-29(28)24(11-13-39-30)15-22-7-9-26(10-8-22)34(36,37)38/h2-11,13,20-21,25,27H,12,14-19H2,1H3,(H,40,42)/t21-,25?,27?,33?/m0/s1. The van der Waals surface area contributed by atoms with E-state index < -0.39 is 18.4 Å². The molecule has 4 aromatic rings. The van der Waals surface area contributed by atoms with Gasteiger partial charge in [-0.3, -0.25) is 9.59 Å². The van der Waals surface area contributed by atoms with Crippen molar-refractivity contribution in [1.82, 2.24) is 14.9 Å². The van der Waals surface area contributed by atoms with Crippen molar-refractivity contribution in [2.75, 3.05) is 6.67 Å². The van der Waals surface area contributed by atoms with Crippen molar-refractivity contribution in [3.63, 3.8) is 0 Å². The van der Waals surface area contributed by atoms with Gasteiger partial charge in [0, 0.05) is 23.8 Å². The zero-order chi connectivity index (χ0) is 31.1. The van der Waals surface area contributed by atoms with Gasteiger partial charge >= 0.3 is 12.1 Å². The van der Waals surface area contributed by atoms with Crippen molar-refractivity contribution in [3.05, 3.63) is 101 Å². The summed E-state index contributed by atoms with van der Waals surface area (Å²) in [6.07, 6.45) is 1.69. The van der Waals surface area contributed by atoms with Gasteiger partial charge < -0.3 is 14.6 Å². The molecule has 1 amide bonds. The predicted octanol–water partition coefficient (Wildman–Crippen LogP) is 7.21. The minimum Gasteiger partial charge on any atom is -0.458 e. The molecule has 230 valence electrons. The molecular weight excluding hydrogens is 574 g/mol. The lowest BCUT2D eigenvalue weighted by atomic mass is 9.50. The Labute approximate surface area is 252 Å². The fraction of sp³-hybridized carbons (Fsp3) is 0.382. The van der Waals surface area contributed by atoms with Crippen molar-refractivity contribution in [2.45, 2.75) is 63.9 Å². The lowest BCUT2D eigenvalue weighted by molar-refractivity contribution is -0.167. The molecule has 6 rings (SSSR count). The Hall–Kier alpha value is -4.21. The maximum absolute atomic E-state index is 13.5. The molecule has 1 spiro atoms. The van der Waals surface area contributed by atoms with Gasteiger partial charge in [-0.1, -0.05) is 42.5 Å².